The fourth-order valence-electron chi connectivity index (χ4n) is 3.30. The molecule has 0 aliphatic heterocycles. The van der Waals surface area contributed by atoms with Crippen LogP contribution in [0.25, 0.3) is 11.3 Å². The van der Waals surface area contributed by atoms with E-state index in [1.54, 1.807) is 11.3 Å². The Morgan fingerprint density at radius 3 is 2.75 bits per heavy atom. The number of rotatable bonds is 8. The van der Waals surface area contributed by atoms with Gasteiger partial charge in [0, 0.05) is 25.5 Å². The van der Waals surface area contributed by atoms with Gasteiger partial charge in [0.05, 0.1) is 18.4 Å². The van der Waals surface area contributed by atoms with Crippen molar-refractivity contribution in [2.75, 3.05) is 13.6 Å². The van der Waals surface area contributed by atoms with Gasteiger partial charge in [-0.05, 0) is 30.4 Å². The predicted octanol–water partition coefficient (Wildman–Crippen LogP) is 3.40. The monoisotopic (exact) mass is 448 g/mol. The molecule has 0 saturated heterocycles. The minimum Gasteiger partial charge on any atom is -0.356 e. The molecule has 2 N–H and O–H groups in total. The second-order valence-electron chi connectivity index (χ2n) is 7.58. The highest BCUT2D eigenvalue weighted by Gasteiger charge is 2.12. The third-order valence-corrected chi connectivity index (χ3v) is 6.19. The fourth-order valence-corrected chi connectivity index (χ4v) is 4.01. The van der Waals surface area contributed by atoms with E-state index in [1.807, 2.05) is 50.0 Å². The fraction of sp³-hybridized carbons (Fsp3) is 0.304. The smallest absolute Gasteiger partial charge is 0.194 e. The first-order valence-corrected chi connectivity index (χ1v) is 11.4. The quantitative estimate of drug-likeness (QED) is 0.319. The van der Waals surface area contributed by atoms with Crippen molar-refractivity contribution in [2.24, 2.45) is 12.0 Å². The van der Waals surface area contributed by atoms with Gasteiger partial charge in [0.2, 0.25) is 0 Å². The number of nitrogens with zero attached hydrogens (tertiary/aromatic N) is 6. The molecule has 8 nitrogen and oxygen atoms in total. The Kier molecular flexibility index (Phi) is 6.96. The summed E-state index contributed by atoms with van der Waals surface area (Å²) in [7, 11) is 3.98. The second kappa shape index (κ2) is 10.2. The maximum atomic E-state index is 4.82. The van der Waals surface area contributed by atoms with Gasteiger partial charge in [0.1, 0.15) is 18.2 Å². The summed E-state index contributed by atoms with van der Waals surface area (Å²) in [5, 5.41) is 14.0. The van der Waals surface area contributed by atoms with Gasteiger partial charge in [-0.1, -0.05) is 36.4 Å². The molecule has 32 heavy (non-hydrogen) atoms. The Hall–Kier alpha value is -3.46. The molecule has 166 valence electrons. The summed E-state index contributed by atoms with van der Waals surface area (Å²) in [6.07, 6.45) is 2.83. The predicted molar refractivity (Wildman–Crippen MR) is 128 cm³/mol. The molecule has 0 fully saturated rings. The van der Waals surface area contributed by atoms with Crippen LogP contribution in [0.3, 0.4) is 0 Å². The number of aromatic amines is 1. The maximum Gasteiger partial charge on any atom is 0.194 e. The average Bonchev–Trinajstić information content (AvgIpc) is 3.55. The van der Waals surface area contributed by atoms with E-state index in [-0.39, 0.29) is 0 Å². The molecule has 0 aliphatic rings. The number of aliphatic imine (C=N–C) groups is 1. The average molecular weight is 449 g/mol. The van der Waals surface area contributed by atoms with Gasteiger partial charge < -0.3 is 19.8 Å². The minimum atomic E-state index is 0.455. The molecule has 3 aromatic heterocycles. The Morgan fingerprint density at radius 2 is 2.03 bits per heavy atom. The Labute approximate surface area is 192 Å². The summed E-state index contributed by atoms with van der Waals surface area (Å²) in [5.74, 6) is 3.39. The molecule has 0 aliphatic carbocycles. The molecule has 0 amide bonds. The number of benzene rings is 1. The lowest BCUT2D eigenvalue weighted by molar-refractivity contribution is 0.462. The lowest BCUT2D eigenvalue weighted by atomic mass is 10.2. The van der Waals surface area contributed by atoms with Crippen LogP contribution in [0.4, 0.5) is 0 Å². The van der Waals surface area contributed by atoms with Gasteiger partial charge >= 0.3 is 0 Å². The van der Waals surface area contributed by atoms with E-state index in [2.05, 4.69) is 60.0 Å². The molecule has 0 saturated carbocycles. The van der Waals surface area contributed by atoms with E-state index in [4.69, 9.17) is 4.99 Å². The number of aromatic nitrogens is 5. The zero-order valence-corrected chi connectivity index (χ0v) is 19.4. The summed E-state index contributed by atoms with van der Waals surface area (Å²) < 4.78 is 1.96. The Morgan fingerprint density at radius 1 is 1.19 bits per heavy atom. The standard InChI is InChI=1S/C23H28N8S/c1-17-28-29-22(31(17)3)15-26-23(24-12-11-19-10-7-13-32-19)30(2)16-21-25-14-20(27-21)18-8-5-4-6-9-18/h4-10,13-14H,11-12,15-16H2,1-3H3,(H,24,26)(H,25,27). The molecular formula is C23H28N8S. The van der Waals surface area contributed by atoms with Crippen molar-refractivity contribution in [1.82, 2.24) is 34.9 Å². The van der Waals surface area contributed by atoms with E-state index in [1.165, 1.54) is 4.88 Å². The second-order valence-corrected chi connectivity index (χ2v) is 8.62. The first-order valence-electron chi connectivity index (χ1n) is 10.6. The lowest BCUT2D eigenvalue weighted by Gasteiger charge is -2.21. The van der Waals surface area contributed by atoms with Crippen LogP contribution in [0, 0.1) is 6.92 Å². The van der Waals surface area contributed by atoms with Crippen LogP contribution in [0.15, 0.2) is 59.0 Å². The number of hydrogen-bond acceptors (Lipinski definition) is 5. The van der Waals surface area contributed by atoms with Crippen LogP contribution < -0.4 is 5.32 Å². The molecule has 0 spiro atoms. The lowest BCUT2D eigenvalue weighted by Crippen LogP contribution is -2.39. The van der Waals surface area contributed by atoms with Gasteiger partial charge in [-0.3, -0.25) is 0 Å². The third-order valence-electron chi connectivity index (χ3n) is 5.25. The van der Waals surface area contributed by atoms with E-state index >= 15 is 0 Å². The third kappa shape index (κ3) is 5.42. The van der Waals surface area contributed by atoms with Gasteiger partial charge in [-0.25, -0.2) is 9.98 Å². The van der Waals surface area contributed by atoms with Gasteiger partial charge in [-0.15, -0.1) is 21.5 Å². The van der Waals surface area contributed by atoms with Crippen LogP contribution in [-0.2, 0) is 26.6 Å². The number of H-pyrrole nitrogens is 1. The van der Waals surface area contributed by atoms with Gasteiger partial charge in [0.15, 0.2) is 11.8 Å². The van der Waals surface area contributed by atoms with Crippen molar-refractivity contribution >= 4 is 17.3 Å². The van der Waals surface area contributed by atoms with Gasteiger partial charge in [-0.2, -0.15) is 0 Å². The summed E-state index contributed by atoms with van der Waals surface area (Å²) >= 11 is 1.77. The number of thiophene rings is 1. The Balaban J connectivity index is 1.45. The van der Waals surface area contributed by atoms with E-state index in [0.29, 0.717) is 13.1 Å². The number of imidazole rings is 1. The van der Waals surface area contributed by atoms with Crippen LogP contribution in [0.5, 0.6) is 0 Å². The Bertz CT molecular complexity index is 1140. The first-order chi connectivity index (χ1) is 15.6. The van der Waals surface area contributed by atoms with Crippen molar-refractivity contribution in [2.45, 2.75) is 26.4 Å². The van der Waals surface area contributed by atoms with Crippen LogP contribution in [0.2, 0.25) is 0 Å². The zero-order chi connectivity index (χ0) is 22.3. The van der Waals surface area contributed by atoms with Crippen molar-refractivity contribution in [3.05, 3.63) is 76.4 Å². The van der Waals surface area contributed by atoms with Crippen molar-refractivity contribution in [3.63, 3.8) is 0 Å². The summed E-state index contributed by atoms with van der Waals surface area (Å²) in [4.78, 5) is 16.2. The number of aryl methyl sites for hydroxylation is 1. The first kappa shape index (κ1) is 21.8. The zero-order valence-electron chi connectivity index (χ0n) is 18.6. The maximum absolute atomic E-state index is 4.82. The van der Waals surface area contributed by atoms with Crippen LogP contribution in [0.1, 0.15) is 22.4 Å². The molecule has 4 aromatic rings. The molecule has 3 heterocycles. The molecule has 1 aromatic carbocycles. The summed E-state index contributed by atoms with van der Waals surface area (Å²) in [5.41, 5.74) is 2.13. The van der Waals surface area contributed by atoms with Crippen molar-refractivity contribution in [3.8, 4) is 11.3 Å². The molecule has 4 rings (SSSR count). The SMILES string of the molecule is Cc1nnc(CN=C(NCCc2cccs2)N(C)Cc2ncc(-c3ccccc3)[nH]2)n1C. The van der Waals surface area contributed by atoms with Crippen LogP contribution in [-0.4, -0.2) is 49.2 Å². The molecular weight excluding hydrogens is 420 g/mol. The molecule has 9 heteroatoms. The normalized spacial score (nSPS) is 11.7. The van der Waals surface area contributed by atoms with Crippen molar-refractivity contribution < 1.29 is 0 Å². The molecule has 0 unspecified atom stereocenters. The highest BCUT2D eigenvalue weighted by Crippen LogP contribution is 2.16. The van der Waals surface area contributed by atoms with E-state index in [9.17, 15) is 0 Å². The number of nitrogens with one attached hydrogen (secondary N) is 2. The highest BCUT2D eigenvalue weighted by molar-refractivity contribution is 7.09. The topological polar surface area (TPSA) is 87.0 Å². The van der Waals surface area contributed by atoms with E-state index < -0.39 is 0 Å². The minimum absolute atomic E-state index is 0.455. The number of hydrogen-bond donors (Lipinski definition) is 2. The summed E-state index contributed by atoms with van der Waals surface area (Å²) in [6, 6.07) is 14.4. The van der Waals surface area contributed by atoms with Crippen LogP contribution >= 0.6 is 11.3 Å². The largest absolute Gasteiger partial charge is 0.356 e. The van der Waals surface area contributed by atoms with E-state index in [0.717, 1.165) is 47.7 Å². The van der Waals surface area contributed by atoms with Crippen molar-refractivity contribution in [1.29, 1.82) is 0 Å². The number of guanidine groups is 1. The summed E-state index contributed by atoms with van der Waals surface area (Å²) in [6.45, 7) is 3.80. The molecule has 0 bridgehead atoms. The molecule has 0 radical (unpaired) electrons. The molecule has 0 atom stereocenters. The highest BCUT2D eigenvalue weighted by atomic mass is 32.1. The van der Waals surface area contributed by atoms with Gasteiger partial charge in [0.25, 0.3) is 0 Å².